The number of amides is 2. The summed E-state index contributed by atoms with van der Waals surface area (Å²) in [5.74, 6) is -4.95. The molecule has 2 aromatic rings. The summed E-state index contributed by atoms with van der Waals surface area (Å²) in [5.41, 5.74) is 0.200. The van der Waals surface area contributed by atoms with E-state index in [1.165, 1.54) is 12.1 Å². The number of aliphatic carboxylic acids is 1. The highest BCUT2D eigenvalue weighted by atomic mass is 16.7. The first kappa shape index (κ1) is 27.0. The average Bonchev–Trinajstić information content (AvgIpc) is 2.84. The molecule has 1 aliphatic heterocycles. The Hall–Kier alpha value is -3.55. The minimum atomic E-state index is -2.86. The van der Waals surface area contributed by atoms with E-state index in [-0.39, 0.29) is 5.56 Å². The van der Waals surface area contributed by atoms with Crippen LogP contribution in [0, 0.1) is 0 Å². The van der Waals surface area contributed by atoms with Gasteiger partial charge in [-0.25, -0.2) is 4.79 Å². The Balaban J connectivity index is 1.66. The molecule has 7 N–H and O–H groups in total. The van der Waals surface area contributed by atoms with E-state index in [1.807, 2.05) is 6.07 Å². The van der Waals surface area contributed by atoms with Gasteiger partial charge in [-0.1, -0.05) is 24.3 Å². The summed E-state index contributed by atoms with van der Waals surface area (Å²) >= 11 is 0. The highest BCUT2D eigenvalue weighted by molar-refractivity contribution is 5.94. The van der Waals surface area contributed by atoms with Gasteiger partial charge in [-0.3, -0.25) is 9.59 Å². The fourth-order valence-corrected chi connectivity index (χ4v) is 3.77. The van der Waals surface area contributed by atoms with Crippen LogP contribution >= 0.6 is 0 Å². The molecule has 0 aliphatic carbocycles. The number of aliphatic hydroxyl groups excluding tert-OH is 3. The van der Waals surface area contributed by atoms with Crippen molar-refractivity contribution in [3.8, 4) is 11.5 Å². The van der Waals surface area contributed by atoms with E-state index in [4.69, 9.17) is 9.47 Å². The van der Waals surface area contributed by atoms with Gasteiger partial charge in [-0.15, -0.1) is 0 Å². The van der Waals surface area contributed by atoms with Gasteiger partial charge >= 0.3 is 5.97 Å². The monoisotopic (exact) mass is 504 g/mol. The molecule has 0 saturated carbocycles. The molecule has 36 heavy (non-hydrogen) atoms. The topological polar surface area (TPSA) is 195 Å². The van der Waals surface area contributed by atoms with Crippen molar-refractivity contribution < 1.29 is 49.4 Å². The fourth-order valence-electron chi connectivity index (χ4n) is 3.77. The molecule has 1 aliphatic rings. The summed E-state index contributed by atoms with van der Waals surface area (Å²) in [6, 6.07) is 13.8. The second-order valence-electron chi connectivity index (χ2n) is 8.38. The zero-order valence-corrected chi connectivity index (χ0v) is 19.3. The van der Waals surface area contributed by atoms with Crippen molar-refractivity contribution in [3.63, 3.8) is 0 Å². The van der Waals surface area contributed by atoms with Crippen LogP contribution in [0.1, 0.15) is 23.7 Å². The van der Waals surface area contributed by atoms with Crippen molar-refractivity contribution in [1.29, 1.82) is 0 Å². The van der Waals surface area contributed by atoms with E-state index >= 15 is 0 Å². The largest absolute Gasteiger partial charge is 0.477 e. The van der Waals surface area contributed by atoms with Crippen molar-refractivity contribution >= 4 is 17.8 Å². The predicted octanol–water partition coefficient (Wildman–Crippen LogP) is -0.642. The molecule has 194 valence electrons. The van der Waals surface area contributed by atoms with E-state index in [1.54, 1.807) is 36.4 Å². The van der Waals surface area contributed by atoms with Crippen molar-refractivity contribution in [3.05, 3.63) is 60.2 Å². The van der Waals surface area contributed by atoms with Crippen molar-refractivity contribution in [2.75, 3.05) is 6.54 Å². The van der Waals surface area contributed by atoms with Crippen molar-refractivity contribution in [2.24, 2.45) is 0 Å². The van der Waals surface area contributed by atoms with Crippen LogP contribution in [0.15, 0.2) is 54.6 Å². The normalized spacial score (nSPS) is 25.3. The van der Waals surface area contributed by atoms with E-state index in [0.717, 1.165) is 6.92 Å². The smallest absolute Gasteiger partial charge is 0.364 e. The highest BCUT2D eigenvalue weighted by Crippen LogP contribution is 2.30. The van der Waals surface area contributed by atoms with Gasteiger partial charge in [0.2, 0.25) is 5.91 Å². The van der Waals surface area contributed by atoms with Crippen molar-refractivity contribution in [1.82, 2.24) is 10.6 Å². The first-order valence-electron chi connectivity index (χ1n) is 11.1. The minimum Gasteiger partial charge on any atom is -0.477 e. The van der Waals surface area contributed by atoms with Crippen LogP contribution in [0.4, 0.5) is 0 Å². The fraction of sp³-hybridized carbons (Fsp3) is 0.375. The number of aliphatic hydroxyl groups is 4. The molecule has 0 bridgehead atoms. The standard InChI is InChI=1S/C24H28N2O10/c1-13(27)26-19-17(28)11-24(34,23(32)33)36-21(19)20(30)18(29)12-25-22(31)14-6-5-9-16(10-14)35-15-7-3-2-4-8-15/h2-10,17-21,28-30,34H,11-12H2,1H3,(H,25,31)(H,26,27)(H,32,33)/t17-,18+,19+,20+,21+,24+/m0/s1. The molecule has 0 spiro atoms. The number of para-hydroxylation sites is 1. The number of rotatable bonds is 9. The average molecular weight is 504 g/mol. The Bertz CT molecular complexity index is 1080. The Labute approximate surface area is 206 Å². The van der Waals surface area contributed by atoms with E-state index in [0.29, 0.717) is 11.5 Å². The van der Waals surface area contributed by atoms with Crippen LogP contribution in [-0.4, -0.2) is 86.1 Å². The van der Waals surface area contributed by atoms with Gasteiger partial charge in [0.25, 0.3) is 11.7 Å². The number of benzene rings is 2. The van der Waals surface area contributed by atoms with Crippen molar-refractivity contribution in [2.45, 2.75) is 49.6 Å². The molecule has 0 unspecified atom stereocenters. The molecule has 0 radical (unpaired) electrons. The summed E-state index contributed by atoms with van der Waals surface area (Å²) in [4.78, 5) is 35.6. The number of carboxylic acids is 1. The van der Waals surface area contributed by atoms with E-state index < -0.39 is 67.0 Å². The van der Waals surface area contributed by atoms with Gasteiger partial charge in [-0.05, 0) is 30.3 Å². The zero-order chi connectivity index (χ0) is 26.5. The molecule has 6 atom stereocenters. The lowest BCUT2D eigenvalue weighted by Crippen LogP contribution is -2.67. The van der Waals surface area contributed by atoms with Crippen LogP contribution < -0.4 is 15.4 Å². The maximum Gasteiger partial charge on any atom is 0.364 e. The number of hydrogen-bond acceptors (Lipinski definition) is 9. The summed E-state index contributed by atoms with van der Waals surface area (Å²) in [6.07, 6.45) is -7.74. The molecule has 3 rings (SSSR count). The third-order valence-corrected chi connectivity index (χ3v) is 5.57. The molecule has 1 saturated heterocycles. The third-order valence-electron chi connectivity index (χ3n) is 5.57. The van der Waals surface area contributed by atoms with Gasteiger partial charge in [0, 0.05) is 25.5 Å². The lowest BCUT2D eigenvalue weighted by Gasteiger charge is -2.44. The van der Waals surface area contributed by atoms with Gasteiger partial charge in [0.15, 0.2) is 0 Å². The Morgan fingerprint density at radius 1 is 1.11 bits per heavy atom. The number of carbonyl (C=O) groups excluding carboxylic acids is 2. The number of hydrogen-bond donors (Lipinski definition) is 7. The molecule has 1 heterocycles. The Morgan fingerprint density at radius 3 is 2.42 bits per heavy atom. The van der Waals surface area contributed by atoms with Gasteiger partial charge < -0.3 is 45.6 Å². The quantitative estimate of drug-likeness (QED) is 0.231. The van der Waals surface area contributed by atoms with E-state index in [2.05, 4.69) is 10.6 Å². The zero-order valence-electron chi connectivity index (χ0n) is 19.3. The van der Waals surface area contributed by atoms with Gasteiger partial charge in [-0.2, -0.15) is 0 Å². The second kappa shape index (κ2) is 11.5. The minimum absolute atomic E-state index is 0.200. The first-order chi connectivity index (χ1) is 17.0. The van der Waals surface area contributed by atoms with Crippen LogP contribution in [0.25, 0.3) is 0 Å². The van der Waals surface area contributed by atoms with Crippen LogP contribution in [0.2, 0.25) is 0 Å². The van der Waals surface area contributed by atoms with E-state index in [9.17, 15) is 39.9 Å². The molecular formula is C24H28N2O10. The van der Waals surface area contributed by atoms with Gasteiger partial charge in [0.1, 0.15) is 23.7 Å². The molecule has 12 nitrogen and oxygen atoms in total. The predicted molar refractivity (Wildman–Crippen MR) is 123 cm³/mol. The Kier molecular flexibility index (Phi) is 8.61. The van der Waals surface area contributed by atoms with Crippen LogP contribution in [0.5, 0.6) is 11.5 Å². The molecule has 2 amide bonds. The second-order valence-corrected chi connectivity index (χ2v) is 8.38. The molecule has 1 fully saturated rings. The lowest BCUT2D eigenvalue weighted by molar-refractivity contribution is -0.294. The summed E-state index contributed by atoms with van der Waals surface area (Å²) < 4.78 is 10.8. The number of ether oxygens (including phenoxy) is 2. The summed E-state index contributed by atoms with van der Waals surface area (Å²) in [7, 11) is 0. The molecular weight excluding hydrogens is 476 g/mol. The van der Waals surface area contributed by atoms with Gasteiger partial charge in [0.05, 0.1) is 18.2 Å². The third kappa shape index (κ3) is 6.56. The van der Waals surface area contributed by atoms with Crippen LogP contribution in [0.3, 0.4) is 0 Å². The number of nitrogens with one attached hydrogen (secondary N) is 2. The van der Waals surface area contributed by atoms with Crippen LogP contribution in [-0.2, 0) is 14.3 Å². The molecule has 12 heteroatoms. The highest BCUT2D eigenvalue weighted by Gasteiger charge is 2.53. The SMILES string of the molecule is CC(=O)N[C@H]1[C@H]([C@H](O)[C@H](O)CNC(=O)c2cccc(Oc3ccccc3)c2)O[C@@](O)(C(=O)O)C[C@@H]1O. The first-order valence-corrected chi connectivity index (χ1v) is 11.1. The maximum atomic E-state index is 12.6. The summed E-state index contributed by atoms with van der Waals surface area (Å²) in [6.45, 7) is 0.623. The number of carbonyl (C=O) groups is 3. The Morgan fingerprint density at radius 2 is 1.78 bits per heavy atom. The molecule has 0 aromatic heterocycles. The number of carboxylic acid groups (broad SMARTS) is 1. The lowest BCUT2D eigenvalue weighted by atomic mass is 9.88. The maximum absolute atomic E-state index is 12.6. The molecule has 2 aromatic carbocycles. The summed E-state index contributed by atoms with van der Waals surface area (Å²) in [5, 5.41) is 55.6.